The number of fused-ring (bicyclic) bond motifs is 2. The number of amides is 1. The summed E-state index contributed by atoms with van der Waals surface area (Å²) < 4.78 is 38.6. The average Bonchev–Trinajstić information content (AvgIpc) is 3.29. The van der Waals surface area contributed by atoms with Gasteiger partial charge in [0.2, 0.25) is 0 Å². The third kappa shape index (κ3) is 3.50. The van der Waals surface area contributed by atoms with Crippen molar-refractivity contribution in [3.63, 3.8) is 0 Å². The summed E-state index contributed by atoms with van der Waals surface area (Å²) in [6.07, 6.45) is 6.83. The third-order valence-electron chi connectivity index (χ3n) is 7.41. The number of carbonyl (C=O) groups is 1. The molecule has 0 atom stereocenters. The first-order valence-electron chi connectivity index (χ1n) is 12.1. The van der Waals surface area contributed by atoms with Gasteiger partial charge in [-0.15, -0.1) is 0 Å². The third-order valence-corrected chi connectivity index (χ3v) is 7.41. The van der Waals surface area contributed by atoms with Gasteiger partial charge < -0.3 is 9.64 Å². The summed E-state index contributed by atoms with van der Waals surface area (Å²) in [6.45, 7) is -0.198. The van der Waals surface area contributed by atoms with Gasteiger partial charge in [-0.2, -0.15) is 5.10 Å². The molecular formula is C26H24B2F2N4O2. The second kappa shape index (κ2) is 8.18. The Morgan fingerprint density at radius 3 is 2.56 bits per heavy atom. The number of hydrogen-bond donors (Lipinski definition) is 0. The predicted octanol–water partition coefficient (Wildman–Crippen LogP) is 2.88. The van der Waals surface area contributed by atoms with E-state index in [0.717, 1.165) is 24.6 Å². The van der Waals surface area contributed by atoms with Crippen molar-refractivity contribution in [1.29, 1.82) is 0 Å². The molecule has 36 heavy (non-hydrogen) atoms. The highest BCUT2D eigenvalue weighted by molar-refractivity contribution is 6.42. The minimum Gasteiger partial charge on any atom is -0.488 e. The van der Waals surface area contributed by atoms with Crippen LogP contribution in [-0.4, -0.2) is 47.4 Å². The van der Waals surface area contributed by atoms with E-state index in [2.05, 4.69) is 10.1 Å². The van der Waals surface area contributed by atoms with E-state index in [1.165, 1.54) is 17.0 Å². The predicted molar refractivity (Wildman–Crippen MR) is 137 cm³/mol. The van der Waals surface area contributed by atoms with Crippen LogP contribution in [0.25, 0.3) is 22.0 Å². The normalized spacial score (nSPS) is 16.9. The van der Waals surface area contributed by atoms with E-state index in [4.69, 9.17) is 4.74 Å². The largest absolute Gasteiger partial charge is 0.488 e. The molecule has 2 aromatic heterocycles. The van der Waals surface area contributed by atoms with Crippen molar-refractivity contribution in [2.75, 3.05) is 0 Å². The molecule has 0 saturated heterocycles. The molecule has 0 bridgehead atoms. The van der Waals surface area contributed by atoms with Crippen LogP contribution in [0.1, 0.15) is 40.9 Å². The Morgan fingerprint density at radius 2 is 1.89 bits per heavy atom. The molecule has 1 fully saturated rings. The molecule has 2 aromatic carbocycles. The molecule has 6 rings (SSSR count). The second-order valence-electron chi connectivity index (χ2n) is 10.1. The number of ether oxygens (including phenoxy) is 1. The number of pyridine rings is 1. The fourth-order valence-corrected chi connectivity index (χ4v) is 5.14. The fraction of sp³-hybridized carbons (Fsp3) is 0.269. The topological polar surface area (TPSA) is 60.3 Å². The number of benzene rings is 2. The maximum Gasteiger partial charge on any atom is 0.255 e. The summed E-state index contributed by atoms with van der Waals surface area (Å²) in [4.78, 5) is 18.9. The van der Waals surface area contributed by atoms with E-state index in [-0.39, 0.29) is 24.1 Å². The molecule has 10 heteroatoms. The highest BCUT2D eigenvalue weighted by atomic mass is 19.1. The number of aromatic nitrogens is 3. The first kappa shape index (κ1) is 22.8. The van der Waals surface area contributed by atoms with Crippen molar-refractivity contribution in [2.24, 2.45) is 7.05 Å². The molecule has 3 heterocycles. The van der Waals surface area contributed by atoms with Crippen LogP contribution in [0.15, 0.2) is 48.8 Å². The van der Waals surface area contributed by atoms with Crippen LogP contribution >= 0.6 is 0 Å². The molecular weight excluding hydrogens is 460 g/mol. The maximum atomic E-state index is 15.4. The number of nitrogens with zero attached hydrogens (tertiary/aromatic N) is 4. The summed E-state index contributed by atoms with van der Waals surface area (Å²) in [5.74, 6) is -1.02. The van der Waals surface area contributed by atoms with Gasteiger partial charge in [0.1, 0.15) is 38.6 Å². The van der Waals surface area contributed by atoms with Crippen molar-refractivity contribution < 1.29 is 18.3 Å². The Balaban J connectivity index is 1.36. The Bertz CT molecular complexity index is 1510. The molecule has 4 aromatic rings. The lowest BCUT2D eigenvalue weighted by Crippen LogP contribution is -2.45. The molecule has 1 amide bonds. The van der Waals surface area contributed by atoms with Gasteiger partial charge in [0.15, 0.2) is 0 Å². The maximum absolute atomic E-state index is 15.4. The summed E-state index contributed by atoms with van der Waals surface area (Å²) in [7, 11) is 5.48. The highest BCUT2D eigenvalue weighted by Crippen LogP contribution is 2.38. The van der Waals surface area contributed by atoms with Crippen LogP contribution in [0.2, 0.25) is 0 Å². The van der Waals surface area contributed by atoms with Crippen LogP contribution in [0.5, 0.6) is 5.75 Å². The number of halogens is 2. The smallest absolute Gasteiger partial charge is 0.255 e. The van der Waals surface area contributed by atoms with Gasteiger partial charge in [0.05, 0.1) is 23.9 Å². The lowest BCUT2D eigenvalue weighted by atomic mass is 9.59. The van der Waals surface area contributed by atoms with Crippen LogP contribution in [0.4, 0.5) is 8.78 Å². The van der Waals surface area contributed by atoms with E-state index < -0.39 is 17.0 Å². The van der Waals surface area contributed by atoms with Crippen LogP contribution in [0, 0.1) is 11.6 Å². The monoisotopic (exact) mass is 484 g/mol. The number of hydrogen-bond acceptors (Lipinski definition) is 4. The number of rotatable bonds is 5. The van der Waals surface area contributed by atoms with Crippen molar-refractivity contribution in [2.45, 2.75) is 37.2 Å². The van der Waals surface area contributed by atoms with Crippen LogP contribution in [0.3, 0.4) is 0 Å². The van der Waals surface area contributed by atoms with E-state index in [0.29, 0.717) is 33.7 Å². The second-order valence-corrected chi connectivity index (χ2v) is 10.1. The van der Waals surface area contributed by atoms with Gasteiger partial charge in [-0.1, -0.05) is 0 Å². The summed E-state index contributed by atoms with van der Waals surface area (Å²) in [5, 5.41) is 4.51. The molecule has 0 spiro atoms. The average molecular weight is 484 g/mol. The zero-order chi connectivity index (χ0) is 25.2. The van der Waals surface area contributed by atoms with Gasteiger partial charge in [0, 0.05) is 35.7 Å². The summed E-state index contributed by atoms with van der Waals surface area (Å²) in [6, 6.07) is 9.68. The minimum absolute atomic E-state index is 0.152. The lowest BCUT2D eigenvalue weighted by molar-refractivity contribution is 0.0727. The van der Waals surface area contributed by atoms with Gasteiger partial charge in [-0.3, -0.25) is 14.5 Å². The van der Waals surface area contributed by atoms with Gasteiger partial charge >= 0.3 is 0 Å². The summed E-state index contributed by atoms with van der Waals surface area (Å²) in [5.41, 5.74) is 2.65. The zero-order valence-electron chi connectivity index (χ0n) is 20.4. The van der Waals surface area contributed by atoms with Gasteiger partial charge in [0.25, 0.3) is 5.91 Å². The molecule has 1 aliphatic carbocycles. The number of carbonyl (C=O) groups excluding carboxylic acids is 1. The van der Waals surface area contributed by atoms with E-state index in [1.807, 2.05) is 41.1 Å². The first-order chi connectivity index (χ1) is 17.2. The van der Waals surface area contributed by atoms with Crippen molar-refractivity contribution in [1.82, 2.24) is 19.7 Å². The molecule has 1 aliphatic heterocycles. The molecule has 6 nitrogen and oxygen atoms in total. The van der Waals surface area contributed by atoms with Gasteiger partial charge in [-0.05, 0) is 66.8 Å². The van der Waals surface area contributed by atoms with Crippen molar-refractivity contribution in [3.8, 4) is 16.9 Å². The van der Waals surface area contributed by atoms with E-state index in [1.54, 1.807) is 23.0 Å². The standard InChI is InChI=1S/C26H24B2F2N4O2/c1-33-12-18-16(7-8-22(23(18)32-33)36-15-4-2-5-15)14-10-20(29)19(21(30)11-14)13-34-25(35)17-6-3-9-31-24(17)26(34,27)28/h3,6-12,15H,2,4-5,13,27-28H2,1H3. The quantitative estimate of drug-likeness (QED) is 0.409. The SMILES string of the molecule is BC1(B)c2ncccc2C(=O)N1Cc1c(F)cc(-c2ccc(OC3CCC3)c3nn(C)cc23)cc1F. The highest BCUT2D eigenvalue weighted by Gasteiger charge is 2.44. The molecule has 2 aliphatic rings. The molecule has 1 saturated carbocycles. The Kier molecular flexibility index (Phi) is 5.17. The van der Waals surface area contributed by atoms with Crippen molar-refractivity contribution in [3.05, 3.63) is 77.2 Å². The Hall–Kier alpha value is -3.68. The first-order valence-corrected chi connectivity index (χ1v) is 12.1. The summed E-state index contributed by atoms with van der Waals surface area (Å²) >= 11 is 0. The van der Waals surface area contributed by atoms with E-state index >= 15 is 8.78 Å². The zero-order valence-corrected chi connectivity index (χ0v) is 20.4. The Labute approximate surface area is 209 Å². The lowest BCUT2D eigenvalue weighted by Gasteiger charge is -2.32. The van der Waals surface area contributed by atoms with Crippen LogP contribution < -0.4 is 4.74 Å². The Morgan fingerprint density at radius 1 is 1.14 bits per heavy atom. The molecule has 0 unspecified atom stereocenters. The molecule has 0 N–H and O–H groups in total. The minimum atomic E-state index is -0.788. The number of aryl methyl sites for hydroxylation is 1. The fourth-order valence-electron chi connectivity index (χ4n) is 5.14. The van der Waals surface area contributed by atoms with Crippen molar-refractivity contribution >= 4 is 32.5 Å². The van der Waals surface area contributed by atoms with Gasteiger partial charge in [-0.25, -0.2) is 8.78 Å². The van der Waals surface area contributed by atoms with E-state index in [9.17, 15) is 4.79 Å². The molecule has 0 radical (unpaired) electrons. The molecule has 180 valence electrons. The van der Waals surface area contributed by atoms with Crippen LogP contribution in [-0.2, 0) is 18.9 Å².